The molecule has 0 aliphatic carbocycles. The first kappa shape index (κ1) is 20.8. The zero-order chi connectivity index (χ0) is 18.8. The van der Waals surface area contributed by atoms with E-state index in [9.17, 15) is 26.2 Å². The van der Waals surface area contributed by atoms with Gasteiger partial charge in [-0.2, -0.15) is 13.7 Å². The van der Waals surface area contributed by atoms with Crippen LogP contribution >= 0.6 is 0 Å². The number of hydrogen-bond donors (Lipinski definition) is 2. The molecule has 2 atom stereocenters. The van der Waals surface area contributed by atoms with Crippen molar-refractivity contribution in [2.24, 2.45) is 0 Å². The predicted molar refractivity (Wildman–Crippen MR) is 87.2 cm³/mol. The minimum atomic E-state index is -4.62. The molecule has 2 N–H and O–H groups in total. The van der Waals surface area contributed by atoms with Gasteiger partial charge in [0.15, 0.2) is 9.84 Å². The average molecular weight is 382 g/mol. The molecule has 0 aromatic carbocycles. The Kier molecular flexibility index (Phi) is 6.03. The second kappa shape index (κ2) is 6.95. The molecular formula is C13H24N3O6S2+. The zero-order valence-electron chi connectivity index (χ0n) is 14.0. The van der Waals surface area contributed by atoms with E-state index in [2.05, 4.69) is 5.32 Å². The highest BCUT2D eigenvalue weighted by atomic mass is 32.2. The van der Waals surface area contributed by atoms with Gasteiger partial charge in [-0.15, -0.1) is 0 Å². The highest BCUT2D eigenvalue weighted by molar-refractivity contribution is 7.94. The molecule has 1 aliphatic heterocycles. The van der Waals surface area contributed by atoms with Crippen LogP contribution in [0.1, 0.15) is 19.8 Å². The van der Waals surface area contributed by atoms with Gasteiger partial charge in [0.05, 0.1) is 63.1 Å². The zero-order valence-corrected chi connectivity index (χ0v) is 15.7. The topological polar surface area (TPSA) is 141 Å². The number of rotatable bonds is 7. The van der Waals surface area contributed by atoms with Crippen LogP contribution in [0, 0.1) is 11.3 Å². The second-order valence-corrected chi connectivity index (χ2v) is 10.8. The average Bonchev–Trinajstić information content (AvgIpc) is 2.64. The van der Waals surface area contributed by atoms with Crippen molar-refractivity contribution in [3.05, 3.63) is 0 Å². The summed E-state index contributed by atoms with van der Waals surface area (Å²) in [5, 5.41) is 9.49. The number of nitrogens with one attached hydrogen (secondary N) is 1. The van der Waals surface area contributed by atoms with Crippen molar-refractivity contribution in [1.29, 1.82) is 5.26 Å². The fourth-order valence-corrected chi connectivity index (χ4v) is 7.15. The number of quaternary nitrogens is 1. The molecule has 0 saturated carbocycles. The maximum atomic E-state index is 12.2. The Balaban J connectivity index is 2.79. The largest absolute Gasteiger partial charge is 0.348 e. The molecule has 0 radical (unpaired) electrons. The summed E-state index contributed by atoms with van der Waals surface area (Å²) in [6.07, 6.45) is 0.391. The van der Waals surface area contributed by atoms with Crippen molar-refractivity contribution in [2.75, 3.05) is 38.7 Å². The van der Waals surface area contributed by atoms with Crippen molar-refractivity contribution in [3.63, 3.8) is 0 Å². The quantitative estimate of drug-likeness (QED) is 0.421. The van der Waals surface area contributed by atoms with Crippen LogP contribution in [0.2, 0.25) is 0 Å². The van der Waals surface area contributed by atoms with Crippen LogP contribution < -0.4 is 5.32 Å². The fraction of sp³-hybridized carbons (Fsp3) is 0.846. The molecule has 1 saturated heterocycles. The van der Waals surface area contributed by atoms with Crippen LogP contribution in [-0.2, 0) is 24.7 Å². The van der Waals surface area contributed by atoms with E-state index in [0.717, 1.165) is 0 Å². The van der Waals surface area contributed by atoms with Crippen molar-refractivity contribution in [2.45, 2.75) is 30.6 Å². The minimum absolute atomic E-state index is 0.0479. The first-order valence-corrected chi connectivity index (χ1v) is 10.7. The summed E-state index contributed by atoms with van der Waals surface area (Å²) < 4.78 is 56.1. The van der Waals surface area contributed by atoms with Gasteiger partial charge in [0.2, 0.25) is 5.91 Å². The molecule has 1 rings (SSSR count). The van der Waals surface area contributed by atoms with Gasteiger partial charge in [0.1, 0.15) is 5.25 Å². The summed E-state index contributed by atoms with van der Waals surface area (Å²) >= 11 is 0. The molecule has 24 heavy (non-hydrogen) atoms. The summed E-state index contributed by atoms with van der Waals surface area (Å²) in [7, 11) is -4.59. The third-order valence-corrected chi connectivity index (χ3v) is 7.69. The molecule has 0 bridgehead atoms. The van der Waals surface area contributed by atoms with Crippen molar-refractivity contribution >= 4 is 25.9 Å². The van der Waals surface area contributed by atoms with Gasteiger partial charge in [-0.3, -0.25) is 9.35 Å². The van der Waals surface area contributed by atoms with Gasteiger partial charge >= 0.3 is 0 Å². The van der Waals surface area contributed by atoms with E-state index in [-0.39, 0.29) is 6.42 Å². The number of nitrogens with zero attached hydrogens (tertiary/aromatic N) is 2. The monoisotopic (exact) mass is 382 g/mol. The molecule has 0 aromatic rings. The Morgan fingerprint density at radius 1 is 1.42 bits per heavy atom. The van der Waals surface area contributed by atoms with Crippen LogP contribution in [0.15, 0.2) is 0 Å². The second-order valence-electron chi connectivity index (χ2n) is 7.06. The van der Waals surface area contributed by atoms with Crippen molar-refractivity contribution < 1.29 is 30.7 Å². The molecule has 11 heteroatoms. The van der Waals surface area contributed by atoms with Crippen molar-refractivity contribution in [3.8, 4) is 6.07 Å². The summed E-state index contributed by atoms with van der Waals surface area (Å²) in [4.78, 5) is 12.2. The van der Waals surface area contributed by atoms with E-state index < -0.39 is 48.2 Å². The lowest BCUT2D eigenvalue weighted by Crippen LogP contribution is -2.57. The lowest BCUT2D eigenvalue weighted by Gasteiger charge is -2.31. The van der Waals surface area contributed by atoms with Crippen LogP contribution in [0.5, 0.6) is 0 Å². The third kappa shape index (κ3) is 5.70. The molecule has 138 valence electrons. The van der Waals surface area contributed by atoms with E-state index >= 15 is 0 Å². The van der Waals surface area contributed by atoms with Gasteiger partial charge < -0.3 is 9.80 Å². The highest BCUT2D eigenvalue weighted by Crippen LogP contribution is 2.29. The molecule has 1 aliphatic rings. The Morgan fingerprint density at radius 2 is 2.00 bits per heavy atom. The number of nitriles is 1. The number of carbonyl (C=O) groups is 1. The summed E-state index contributed by atoms with van der Waals surface area (Å²) in [6.45, 7) is 2.28. The van der Waals surface area contributed by atoms with E-state index in [0.29, 0.717) is 24.0 Å². The first-order chi connectivity index (χ1) is 10.7. The molecule has 9 nitrogen and oxygen atoms in total. The lowest BCUT2D eigenvalue weighted by molar-refractivity contribution is -0.889. The molecule has 0 aromatic heterocycles. The Morgan fingerprint density at radius 3 is 2.50 bits per heavy atom. The first-order valence-electron chi connectivity index (χ1n) is 7.37. The molecule has 1 fully saturated rings. The van der Waals surface area contributed by atoms with E-state index in [1.54, 1.807) is 0 Å². The molecule has 1 amide bonds. The molecule has 1 heterocycles. The van der Waals surface area contributed by atoms with Crippen LogP contribution in [0.3, 0.4) is 0 Å². The van der Waals surface area contributed by atoms with Crippen LogP contribution in [-0.4, -0.2) is 81.3 Å². The maximum Gasteiger partial charge on any atom is 0.271 e. The number of sulfone groups is 1. The molecular weight excluding hydrogens is 358 g/mol. The normalized spacial score (nSPS) is 26.7. The summed E-state index contributed by atoms with van der Waals surface area (Å²) in [5.41, 5.74) is -1.56. The van der Waals surface area contributed by atoms with Gasteiger partial charge in [-0.1, -0.05) is 0 Å². The number of hydrogen-bond acceptors (Lipinski definition) is 6. The standard InChI is InChI=1S/C13H23N3O6S2/c1-13(10-23(18,19)9-11(13)24(20,21)22)15-12(17)5-8-16(2,3)7-4-6-14/h11H,4-5,7-10H2,1-3H3,(H-,15,17,20,21,22)/p+1/t11-,13+/m1/s1. The Labute approximate surface area is 142 Å². The predicted octanol–water partition coefficient (Wildman–Crippen LogP) is -1.07. The van der Waals surface area contributed by atoms with E-state index in [4.69, 9.17) is 5.26 Å². The van der Waals surface area contributed by atoms with Gasteiger partial charge in [0.25, 0.3) is 10.1 Å². The van der Waals surface area contributed by atoms with E-state index in [1.165, 1.54) is 6.92 Å². The van der Waals surface area contributed by atoms with Crippen molar-refractivity contribution in [1.82, 2.24) is 5.32 Å². The Bertz CT molecular complexity index is 738. The molecule has 0 unspecified atom stereocenters. The lowest BCUT2D eigenvalue weighted by atomic mass is 10.0. The van der Waals surface area contributed by atoms with Crippen LogP contribution in [0.25, 0.3) is 0 Å². The number of carbonyl (C=O) groups excluding carboxylic acids is 1. The highest BCUT2D eigenvalue weighted by Gasteiger charge is 2.54. The van der Waals surface area contributed by atoms with Gasteiger partial charge in [-0.05, 0) is 6.92 Å². The third-order valence-electron chi connectivity index (χ3n) is 4.19. The van der Waals surface area contributed by atoms with Crippen LogP contribution in [0.4, 0.5) is 0 Å². The fourth-order valence-electron chi connectivity index (χ4n) is 2.80. The number of amides is 1. The summed E-state index contributed by atoms with van der Waals surface area (Å²) in [5.74, 6) is -1.75. The molecule has 0 spiro atoms. The smallest absolute Gasteiger partial charge is 0.271 e. The SMILES string of the molecule is C[C@]1(NC(=O)CC[N+](C)(C)CCC#N)CS(=O)(=O)C[C@H]1S(=O)(=O)O. The van der Waals surface area contributed by atoms with E-state index in [1.807, 2.05) is 20.2 Å². The minimum Gasteiger partial charge on any atom is -0.348 e. The van der Waals surface area contributed by atoms with Gasteiger partial charge in [0, 0.05) is 0 Å². The summed E-state index contributed by atoms with van der Waals surface area (Å²) in [6, 6.07) is 2.03. The Hall–Kier alpha value is -1.22. The maximum absolute atomic E-state index is 12.2. The van der Waals surface area contributed by atoms with Gasteiger partial charge in [-0.25, -0.2) is 8.42 Å².